The van der Waals surface area contributed by atoms with Crippen LogP contribution >= 0.6 is 11.3 Å². The fourth-order valence-electron chi connectivity index (χ4n) is 3.34. The van der Waals surface area contributed by atoms with Crippen molar-refractivity contribution < 1.29 is 18.8 Å². The predicted octanol–water partition coefficient (Wildman–Crippen LogP) is 1.97. The van der Waals surface area contributed by atoms with Gasteiger partial charge in [0, 0.05) is 46.1 Å². The molecule has 9 heteroatoms. The number of methoxy groups -OCH3 is 1. The van der Waals surface area contributed by atoms with Crippen LogP contribution in [-0.2, 0) is 22.6 Å². The summed E-state index contributed by atoms with van der Waals surface area (Å²) in [5.41, 5.74) is 0. The van der Waals surface area contributed by atoms with E-state index in [-0.39, 0.29) is 24.5 Å². The molecule has 1 aliphatic rings. The molecule has 0 aliphatic carbocycles. The summed E-state index contributed by atoms with van der Waals surface area (Å²) < 4.78 is 10.1. The van der Waals surface area contributed by atoms with Gasteiger partial charge in [-0.2, -0.15) is 4.98 Å². The third kappa shape index (κ3) is 4.92. The molecule has 8 nitrogen and oxygen atoms in total. The van der Waals surface area contributed by atoms with E-state index in [4.69, 9.17) is 9.26 Å². The molecule has 2 amide bonds. The number of amides is 2. The number of ether oxygens (including phenoxy) is 1. The van der Waals surface area contributed by atoms with Gasteiger partial charge in [-0.3, -0.25) is 9.59 Å². The van der Waals surface area contributed by atoms with Crippen LogP contribution in [0.1, 0.15) is 41.2 Å². The monoisotopic (exact) mass is 392 g/mol. The number of likely N-dealkylation sites (tertiary alicyclic amines) is 1. The maximum absolute atomic E-state index is 12.6. The molecule has 3 rings (SSSR count). The second-order valence-corrected chi connectivity index (χ2v) is 7.47. The van der Waals surface area contributed by atoms with Crippen molar-refractivity contribution in [3.05, 3.63) is 34.1 Å². The molecule has 0 saturated carbocycles. The van der Waals surface area contributed by atoms with Gasteiger partial charge in [0.05, 0.1) is 4.88 Å². The third-order valence-corrected chi connectivity index (χ3v) is 5.47. The van der Waals surface area contributed by atoms with Gasteiger partial charge in [0.2, 0.25) is 5.91 Å². The third-order valence-electron chi connectivity index (χ3n) is 4.62. The first-order chi connectivity index (χ1) is 13.1. The van der Waals surface area contributed by atoms with Crippen molar-refractivity contribution in [2.75, 3.05) is 26.7 Å². The first kappa shape index (κ1) is 19.5. The van der Waals surface area contributed by atoms with Gasteiger partial charge in [-0.15, -0.1) is 11.3 Å². The topological polar surface area (TPSA) is 88.8 Å². The highest BCUT2D eigenvalue weighted by Gasteiger charge is 2.30. The first-order valence-corrected chi connectivity index (χ1v) is 9.87. The summed E-state index contributed by atoms with van der Waals surface area (Å²) in [7, 11) is 1.56. The van der Waals surface area contributed by atoms with Crippen LogP contribution in [0.4, 0.5) is 0 Å². The molecule has 1 saturated heterocycles. The number of carbonyl (C=O) groups is 2. The minimum atomic E-state index is -0.00830. The lowest BCUT2D eigenvalue weighted by Gasteiger charge is -2.38. The van der Waals surface area contributed by atoms with E-state index in [1.165, 1.54) is 11.3 Å². The molecule has 0 spiro atoms. The van der Waals surface area contributed by atoms with Crippen molar-refractivity contribution >= 4 is 23.2 Å². The Morgan fingerprint density at radius 2 is 2.33 bits per heavy atom. The van der Waals surface area contributed by atoms with E-state index in [2.05, 4.69) is 10.1 Å². The van der Waals surface area contributed by atoms with Crippen LogP contribution in [0.5, 0.6) is 0 Å². The number of thiophene rings is 1. The first-order valence-electron chi connectivity index (χ1n) is 8.99. The van der Waals surface area contributed by atoms with E-state index in [1.807, 2.05) is 27.3 Å². The van der Waals surface area contributed by atoms with Crippen molar-refractivity contribution in [2.45, 2.75) is 38.8 Å². The lowest BCUT2D eigenvalue weighted by atomic mass is 10.0. The molecule has 1 aliphatic heterocycles. The summed E-state index contributed by atoms with van der Waals surface area (Å²) in [4.78, 5) is 33.5. The van der Waals surface area contributed by atoms with Gasteiger partial charge in [0.25, 0.3) is 11.8 Å². The molecule has 27 heavy (non-hydrogen) atoms. The normalized spacial score (nSPS) is 17.1. The summed E-state index contributed by atoms with van der Waals surface area (Å²) in [6.45, 7) is 3.60. The van der Waals surface area contributed by atoms with E-state index >= 15 is 0 Å². The Balaban J connectivity index is 1.61. The molecule has 1 unspecified atom stereocenters. The lowest BCUT2D eigenvalue weighted by molar-refractivity contribution is -0.132. The Kier molecular flexibility index (Phi) is 6.57. The highest BCUT2D eigenvalue weighted by molar-refractivity contribution is 7.12. The number of hydrogen-bond acceptors (Lipinski definition) is 7. The van der Waals surface area contributed by atoms with Crippen LogP contribution < -0.4 is 0 Å². The summed E-state index contributed by atoms with van der Waals surface area (Å²) in [5, 5.41) is 5.82. The SMILES string of the molecule is COCc1nc(CCN(C(C)=O)C2CCCN(C(=O)c3cccs3)C2)no1. The van der Waals surface area contributed by atoms with Crippen molar-refractivity contribution in [3.8, 4) is 0 Å². The van der Waals surface area contributed by atoms with Crippen LogP contribution in [0.2, 0.25) is 0 Å². The molecular weight excluding hydrogens is 368 g/mol. The van der Waals surface area contributed by atoms with Crippen LogP contribution in [0, 0.1) is 0 Å². The molecule has 3 heterocycles. The van der Waals surface area contributed by atoms with Crippen molar-refractivity contribution in [3.63, 3.8) is 0 Å². The Bertz CT molecular complexity index is 761. The number of carbonyl (C=O) groups excluding carboxylic acids is 2. The zero-order valence-electron chi connectivity index (χ0n) is 15.6. The predicted molar refractivity (Wildman–Crippen MR) is 99.3 cm³/mol. The van der Waals surface area contributed by atoms with Gasteiger partial charge < -0.3 is 19.1 Å². The zero-order valence-corrected chi connectivity index (χ0v) is 16.4. The molecule has 0 N–H and O–H groups in total. The van der Waals surface area contributed by atoms with Crippen molar-refractivity contribution in [1.82, 2.24) is 19.9 Å². The fourth-order valence-corrected chi connectivity index (χ4v) is 4.03. The van der Waals surface area contributed by atoms with Crippen molar-refractivity contribution in [1.29, 1.82) is 0 Å². The molecule has 0 bridgehead atoms. The van der Waals surface area contributed by atoms with Gasteiger partial charge in [0.1, 0.15) is 6.61 Å². The maximum Gasteiger partial charge on any atom is 0.263 e. The second kappa shape index (κ2) is 9.09. The summed E-state index contributed by atoms with van der Waals surface area (Å²) in [6, 6.07) is 3.72. The van der Waals surface area contributed by atoms with Gasteiger partial charge >= 0.3 is 0 Å². The van der Waals surface area contributed by atoms with E-state index in [0.29, 0.717) is 31.2 Å². The molecule has 146 valence electrons. The lowest BCUT2D eigenvalue weighted by Crippen LogP contribution is -2.51. The molecular formula is C18H24N4O4S. The molecule has 1 fully saturated rings. The minimum Gasteiger partial charge on any atom is -0.375 e. The number of rotatable bonds is 7. The van der Waals surface area contributed by atoms with Crippen LogP contribution in [0.3, 0.4) is 0 Å². The van der Waals surface area contributed by atoms with E-state index in [0.717, 1.165) is 24.3 Å². The van der Waals surface area contributed by atoms with E-state index in [1.54, 1.807) is 14.0 Å². The average molecular weight is 392 g/mol. The largest absolute Gasteiger partial charge is 0.375 e. The zero-order chi connectivity index (χ0) is 19.2. The van der Waals surface area contributed by atoms with Gasteiger partial charge in [-0.1, -0.05) is 11.2 Å². The summed E-state index contributed by atoms with van der Waals surface area (Å²) in [5.74, 6) is 1.01. The standard InChI is InChI=1S/C18H24N4O4S/c1-13(23)22(9-7-16-19-17(12-25-2)26-20-16)14-5-3-8-21(11-14)18(24)15-6-4-10-27-15/h4,6,10,14H,3,5,7-9,11-12H2,1-2H3. The fraction of sp³-hybridized carbons (Fsp3) is 0.556. The highest BCUT2D eigenvalue weighted by atomic mass is 32.1. The van der Waals surface area contributed by atoms with Gasteiger partial charge in [-0.05, 0) is 24.3 Å². The number of hydrogen-bond donors (Lipinski definition) is 0. The minimum absolute atomic E-state index is 0.00510. The van der Waals surface area contributed by atoms with Crippen molar-refractivity contribution in [2.24, 2.45) is 0 Å². The number of aromatic nitrogens is 2. The number of piperidine rings is 1. The second-order valence-electron chi connectivity index (χ2n) is 6.52. The Morgan fingerprint density at radius 1 is 1.48 bits per heavy atom. The molecule has 0 radical (unpaired) electrons. The molecule has 0 aromatic carbocycles. The van der Waals surface area contributed by atoms with Gasteiger partial charge in [0.15, 0.2) is 5.82 Å². The summed E-state index contributed by atoms with van der Waals surface area (Å²) >= 11 is 1.45. The van der Waals surface area contributed by atoms with Crippen LogP contribution in [0.15, 0.2) is 22.0 Å². The number of nitrogens with zero attached hydrogens (tertiary/aromatic N) is 4. The highest BCUT2D eigenvalue weighted by Crippen LogP contribution is 2.20. The molecule has 2 aromatic rings. The van der Waals surface area contributed by atoms with Crippen LogP contribution in [0.25, 0.3) is 0 Å². The Morgan fingerprint density at radius 3 is 3.04 bits per heavy atom. The Hall–Kier alpha value is -2.26. The van der Waals surface area contributed by atoms with E-state index in [9.17, 15) is 9.59 Å². The average Bonchev–Trinajstić information content (AvgIpc) is 3.34. The molecule has 1 atom stereocenters. The Labute approximate surface area is 162 Å². The van der Waals surface area contributed by atoms with Gasteiger partial charge in [-0.25, -0.2) is 0 Å². The smallest absolute Gasteiger partial charge is 0.263 e. The summed E-state index contributed by atoms with van der Waals surface area (Å²) in [6.07, 6.45) is 2.27. The van der Waals surface area contributed by atoms with E-state index < -0.39 is 0 Å². The maximum atomic E-state index is 12.6. The quantitative estimate of drug-likeness (QED) is 0.716. The van der Waals surface area contributed by atoms with Crippen LogP contribution in [-0.4, -0.2) is 64.5 Å². The molecule has 2 aromatic heterocycles.